The summed E-state index contributed by atoms with van der Waals surface area (Å²) in [6, 6.07) is 14.8. The molecule has 3 amide bonds. The highest BCUT2D eigenvalue weighted by molar-refractivity contribution is 6.04. The normalized spacial score (nSPS) is 24.6. The number of aromatic nitrogens is 5. The Morgan fingerprint density at radius 1 is 0.945 bits per heavy atom. The lowest BCUT2D eigenvalue weighted by Gasteiger charge is -2.58. The number of imidazole rings is 1. The van der Waals surface area contributed by atoms with E-state index in [1.165, 1.54) is 6.07 Å². The maximum Gasteiger partial charge on any atom is 0.433 e. The highest BCUT2D eigenvalue weighted by Crippen LogP contribution is 2.41. The molecule has 16 heteroatoms. The van der Waals surface area contributed by atoms with Gasteiger partial charge in [0.1, 0.15) is 17.4 Å². The highest BCUT2D eigenvalue weighted by Gasteiger charge is 2.46. The third-order valence-corrected chi connectivity index (χ3v) is 12.0. The lowest BCUT2D eigenvalue weighted by Crippen LogP contribution is -2.69. The van der Waals surface area contributed by atoms with Crippen LogP contribution in [0.25, 0.3) is 21.9 Å². The molecule has 10 rings (SSSR count). The Hall–Kier alpha value is -5.51. The van der Waals surface area contributed by atoms with Crippen LogP contribution in [-0.4, -0.2) is 78.2 Å². The van der Waals surface area contributed by atoms with Gasteiger partial charge in [-0.1, -0.05) is 12.1 Å². The number of carbonyl (C=O) groups is 3. The number of hydrogen-bond acceptors (Lipinski definition) is 8. The number of piperidine rings is 2. The number of carbonyl (C=O) groups excluding carboxylic acids is 3. The zero-order valence-corrected chi connectivity index (χ0v) is 30.1. The van der Waals surface area contributed by atoms with E-state index in [1.54, 1.807) is 34.4 Å². The molecule has 4 saturated heterocycles. The zero-order chi connectivity index (χ0) is 38.2. The molecule has 2 N–H and O–H groups in total. The number of para-hydroxylation sites is 1. The SMILES string of the molecule is Cn1c(=O)n(C2CCC(=O)NC2=O)c2cccc(N3CC4CC(C3)N4C[C@H]3CC[C@H](n4cc5cc(NC(=O)c6cccc(C(F)(F)F)n6)ccc5n4)CC3)c21. The smallest absolute Gasteiger partial charge is 0.367 e. The molecule has 0 spiro atoms. The van der Waals surface area contributed by atoms with Gasteiger partial charge in [-0.3, -0.25) is 38.4 Å². The predicted octanol–water partition coefficient (Wildman–Crippen LogP) is 5.03. The van der Waals surface area contributed by atoms with E-state index in [2.05, 4.69) is 31.5 Å². The van der Waals surface area contributed by atoms with E-state index in [1.807, 2.05) is 23.0 Å². The summed E-state index contributed by atoms with van der Waals surface area (Å²) >= 11 is 0. The molecule has 3 aromatic heterocycles. The van der Waals surface area contributed by atoms with Gasteiger partial charge in [-0.15, -0.1) is 0 Å². The standard InChI is InChI=1S/C39H40F3N9O4/c1-47-35-30(5-3-6-31(35)51(38(47)55)32-14-15-34(52)45-37(32)54)48-20-26-17-27(21-48)49(26)18-22-8-11-25(12-9-22)50-19-23-16-24(10-13-28(23)46-50)43-36(53)29-4-2-7-33(44-29)39(40,41)42/h2-7,10,13,16,19,22,25-27,32H,8-9,11-12,14-15,17-18,20-21H2,1H3,(H,43,53)(H,45,52,54)/t22-,25-,26?,27?,32?. The van der Waals surface area contributed by atoms with Gasteiger partial charge in [0.25, 0.3) is 5.91 Å². The first-order valence-corrected chi connectivity index (χ1v) is 18.8. The molecule has 5 aromatic rings. The van der Waals surface area contributed by atoms with Crippen molar-refractivity contribution in [3.05, 3.63) is 82.7 Å². The van der Waals surface area contributed by atoms with Crippen molar-refractivity contribution in [2.24, 2.45) is 13.0 Å². The molecule has 7 heterocycles. The number of anilines is 2. The van der Waals surface area contributed by atoms with Gasteiger partial charge in [-0.2, -0.15) is 18.3 Å². The van der Waals surface area contributed by atoms with Crippen molar-refractivity contribution >= 4 is 51.0 Å². The van der Waals surface area contributed by atoms with Crippen molar-refractivity contribution in [1.82, 2.24) is 34.1 Å². The number of benzene rings is 2. The Labute approximate surface area is 313 Å². The van der Waals surface area contributed by atoms with Gasteiger partial charge in [0.15, 0.2) is 0 Å². The molecule has 2 bridgehead atoms. The molecule has 1 aliphatic carbocycles. The minimum atomic E-state index is -4.64. The first kappa shape index (κ1) is 35.2. The van der Waals surface area contributed by atoms with E-state index >= 15 is 0 Å². The van der Waals surface area contributed by atoms with Crippen LogP contribution in [0, 0.1) is 5.92 Å². The van der Waals surface area contributed by atoms with Crippen LogP contribution < -0.4 is 21.2 Å². The number of aryl methyl sites for hydroxylation is 1. The summed E-state index contributed by atoms with van der Waals surface area (Å²) in [4.78, 5) is 59.2. The summed E-state index contributed by atoms with van der Waals surface area (Å²) < 4.78 is 44.4. The Kier molecular flexibility index (Phi) is 8.55. The second kappa shape index (κ2) is 13.4. The number of nitrogens with one attached hydrogen (secondary N) is 2. The molecule has 1 saturated carbocycles. The van der Waals surface area contributed by atoms with E-state index < -0.39 is 29.7 Å². The average Bonchev–Trinajstić information content (AvgIpc) is 3.71. The fraction of sp³-hybridized carbons (Fsp3) is 0.436. The molecule has 5 fully saturated rings. The molecular weight excluding hydrogens is 715 g/mol. The maximum absolute atomic E-state index is 13.5. The quantitative estimate of drug-likeness (QED) is 0.221. The predicted molar refractivity (Wildman–Crippen MR) is 198 cm³/mol. The molecule has 4 aliphatic heterocycles. The molecule has 55 heavy (non-hydrogen) atoms. The fourth-order valence-electron chi connectivity index (χ4n) is 9.20. The number of pyridine rings is 1. The van der Waals surface area contributed by atoms with E-state index in [4.69, 9.17) is 5.10 Å². The summed E-state index contributed by atoms with van der Waals surface area (Å²) in [7, 11) is 1.75. The summed E-state index contributed by atoms with van der Waals surface area (Å²) in [6.45, 7) is 2.78. The number of hydrogen-bond donors (Lipinski definition) is 2. The number of amides is 3. The van der Waals surface area contributed by atoms with Crippen LogP contribution in [-0.2, 0) is 22.8 Å². The Morgan fingerprint density at radius 2 is 1.71 bits per heavy atom. The van der Waals surface area contributed by atoms with Crippen LogP contribution in [0.1, 0.15) is 73.2 Å². The van der Waals surface area contributed by atoms with Crippen molar-refractivity contribution in [3.63, 3.8) is 0 Å². The van der Waals surface area contributed by atoms with Crippen LogP contribution in [0.2, 0.25) is 0 Å². The number of fused-ring (bicyclic) bond motifs is 4. The topological polar surface area (TPSA) is 139 Å². The Morgan fingerprint density at radius 3 is 2.45 bits per heavy atom. The van der Waals surface area contributed by atoms with Crippen LogP contribution in [0.5, 0.6) is 0 Å². The summed E-state index contributed by atoms with van der Waals surface area (Å²) in [6.07, 6.45) is 3.15. The van der Waals surface area contributed by atoms with Crippen molar-refractivity contribution in [2.75, 3.05) is 29.9 Å². The van der Waals surface area contributed by atoms with Crippen LogP contribution in [0.3, 0.4) is 0 Å². The highest BCUT2D eigenvalue weighted by atomic mass is 19.4. The van der Waals surface area contributed by atoms with Crippen LogP contribution in [0.15, 0.2) is 65.6 Å². The minimum Gasteiger partial charge on any atom is -0.367 e. The number of rotatable bonds is 7. The molecule has 13 nitrogen and oxygen atoms in total. The second-order valence-corrected chi connectivity index (χ2v) is 15.4. The maximum atomic E-state index is 13.5. The summed E-state index contributed by atoms with van der Waals surface area (Å²) in [5.41, 5.74) is 2.04. The Bertz CT molecular complexity index is 2400. The van der Waals surface area contributed by atoms with Crippen molar-refractivity contribution in [3.8, 4) is 0 Å². The number of piperazine rings is 1. The van der Waals surface area contributed by atoms with Crippen molar-refractivity contribution in [1.29, 1.82) is 0 Å². The molecule has 5 aliphatic rings. The molecule has 0 radical (unpaired) electrons. The lowest BCUT2D eigenvalue weighted by atomic mass is 9.81. The zero-order valence-electron chi connectivity index (χ0n) is 30.1. The molecule has 286 valence electrons. The second-order valence-electron chi connectivity index (χ2n) is 15.4. The number of nitrogens with zero attached hydrogens (tertiary/aromatic N) is 7. The average molecular weight is 756 g/mol. The fourth-order valence-corrected chi connectivity index (χ4v) is 9.20. The lowest BCUT2D eigenvalue weighted by molar-refractivity contribution is -0.141. The molecule has 3 atom stereocenters. The van der Waals surface area contributed by atoms with Crippen molar-refractivity contribution in [2.45, 2.75) is 75.3 Å². The largest absolute Gasteiger partial charge is 0.433 e. The third-order valence-electron chi connectivity index (χ3n) is 12.0. The number of halogens is 3. The van der Waals surface area contributed by atoms with E-state index in [9.17, 15) is 32.3 Å². The van der Waals surface area contributed by atoms with E-state index in [0.717, 1.165) is 86.0 Å². The van der Waals surface area contributed by atoms with Crippen LogP contribution >= 0.6 is 0 Å². The summed E-state index contributed by atoms with van der Waals surface area (Å²) in [5.74, 6) is -0.888. The van der Waals surface area contributed by atoms with Gasteiger partial charge < -0.3 is 10.2 Å². The third kappa shape index (κ3) is 6.35. The number of alkyl halides is 3. The minimum absolute atomic E-state index is 0.201. The van der Waals surface area contributed by atoms with E-state index in [0.29, 0.717) is 35.6 Å². The van der Waals surface area contributed by atoms with Crippen LogP contribution in [0.4, 0.5) is 24.5 Å². The van der Waals surface area contributed by atoms with Gasteiger partial charge in [0, 0.05) is 62.5 Å². The number of imide groups is 1. The summed E-state index contributed by atoms with van der Waals surface area (Å²) in [5, 5.41) is 10.7. The van der Waals surface area contributed by atoms with Gasteiger partial charge in [-0.25, -0.2) is 9.78 Å². The van der Waals surface area contributed by atoms with Gasteiger partial charge in [0.2, 0.25) is 11.8 Å². The van der Waals surface area contributed by atoms with Gasteiger partial charge in [0.05, 0.1) is 28.3 Å². The molecular formula is C39H40F3N9O4. The molecule has 3 unspecified atom stereocenters. The first-order valence-electron chi connectivity index (χ1n) is 18.8. The van der Waals surface area contributed by atoms with Gasteiger partial charge in [-0.05, 0) is 86.9 Å². The van der Waals surface area contributed by atoms with Crippen molar-refractivity contribution < 1.29 is 27.6 Å². The molecule has 2 aromatic carbocycles. The first-order chi connectivity index (χ1) is 26.4. The van der Waals surface area contributed by atoms with Gasteiger partial charge >= 0.3 is 11.9 Å². The van der Waals surface area contributed by atoms with E-state index in [-0.39, 0.29) is 29.8 Å². The Balaban J connectivity index is 0.813. The monoisotopic (exact) mass is 755 g/mol.